The highest BCUT2D eigenvalue weighted by Crippen LogP contribution is 2.10. The lowest BCUT2D eigenvalue weighted by Gasteiger charge is -2.18. The second kappa shape index (κ2) is 8.96. The third-order valence-electron chi connectivity index (χ3n) is 3.75. The lowest BCUT2D eigenvalue weighted by Crippen LogP contribution is -2.42. The van der Waals surface area contributed by atoms with Gasteiger partial charge in [-0.1, -0.05) is 31.5 Å². The third-order valence-corrected chi connectivity index (χ3v) is 5.31. The molecule has 0 saturated heterocycles. The van der Waals surface area contributed by atoms with Gasteiger partial charge in [-0.3, -0.25) is 9.59 Å². The Hall–Kier alpha value is -1.93. The number of aryl methyl sites for hydroxylation is 1. The maximum atomic E-state index is 12.2. The molecule has 8 heteroatoms. The van der Waals surface area contributed by atoms with Crippen LogP contribution in [0, 0.1) is 12.8 Å². The van der Waals surface area contributed by atoms with E-state index in [0.717, 1.165) is 5.56 Å². The van der Waals surface area contributed by atoms with E-state index in [-0.39, 0.29) is 16.9 Å². The molecule has 0 bridgehead atoms. The largest absolute Gasteiger partial charge is 0.454 e. The maximum Gasteiger partial charge on any atom is 0.324 e. The molecule has 0 aliphatic rings. The average molecular weight is 370 g/mol. The van der Waals surface area contributed by atoms with Gasteiger partial charge < -0.3 is 10.1 Å². The van der Waals surface area contributed by atoms with Gasteiger partial charge in [0.15, 0.2) is 6.61 Å². The van der Waals surface area contributed by atoms with Gasteiger partial charge in [0.1, 0.15) is 6.04 Å². The summed E-state index contributed by atoms with van der Waals surface area (Å²) >= 11 is 0. The van der Waals surface area contributed by atoms with Gasteiger partial charge in [-0.05, 0) is 38.8 Å². The van der Waals surface area contributed by atoms with E-state index in [2.05, 4.69) is 10.0 Å². The van der Waals surface area contributed by atoms with E-state index in [0.29, 0.717) is 0 Å². The van der Waals surface area contributed by atoms with Crippen molar-refractivity contribution in [2.24, 2.45) is 5.92 Å². The van der Waals surface area contributed by atoms with Crippen molar-refractivity contribution in [1.82, 2.24) is 10.0 Å². The summed E-state index contributed by atoms with van der Waals surface area (Å²) in [5.41, 5.74) is 0.924. The van der Waals surface area contributed by atoms with Crippen molar-refractivity contribution in [3.05, 3.63) is 29.8 Å². The highest BCUT2D eigenvalue weighted by Gasteiger charge is 2.24. The predicted octanol–water partition coefficient (Wildman–Crippen LogP) is 1.37. The molecule has 1 rings (SSSR count). The first kappa shape index (κ1) is 21.1. The molecule has 0 radical (unpaired) electrons. The van der Waals surface area contributed by atoms with Crippen molar-refractivity contribution in [2.75, 3.05) is 6.61 Å². The second-order valence-electron chi connectivity index (χ2n) is 6.36. The molecular weight excluding hydrogens is 344 g/mol. The minimum absolute atomic E-state index is 0.0522. The van der Waals surface area contributed by atoms with Gasteiger partial charge in [-0.2, -0.15) is 4.72 Å². The molecule has 1 aromatic carbocycles. The summed E-state index contributed by atoms with van der Waals surface area (Å²) in [6, 6.07) is 5.08. The number of hydrogen-bond donors (Lipinski definition) is 2. The molecule has 0 heterocycles. The molecule has 140 valence electrons. The Balaban J connectivity index is 2.56. The summed E-state index contributed by atoms with van der Waals surface area (Å²) in [6.45, 7) is 8.52. The van der Waals surface area contributed by atoms with Crippen LogP contribution in [0.5, 0.6) is 0 Å². The van der Waals surface area contributed by atoms with Crippen LogP contribution in [0.1, 0.15) is 33.3 Å². The van der Waals surface area contributed by atoms with Crippen molar-refractivity contribution in [3.63, 3.8) is 0 Å². The van der Waals surface area contributed by atoms with Crippen LogP contribution in [0.4, 0.5) is 0 Å². The summed E-state index contributed by atoms with van der Waals surface area (Å²) in [7, 11) is -3.84. The zero-order valence-electron chi connectivity index (χ0n) is 15.2. The van der Waals surface area contributed by atoms with Crippen LogP contribution in [0.3, 0.4) is 0 Å². The predicted molar refractivity (Wildman–Crippen MR) is 94.4 cm³/mol. The van der Waals surface area contributed by atoms with Crippen molar-refractivity contribution in [3.8, 4) is 0 Å². The molecule has 7 nitrogen and oxygen atoms in total. The number of carbonyl (C=O) groups is 2. The lowest BCUT2D eigenvalue weighted by molar-refractivity contribution is -0.150. The fourth-order valence-corrected chi connectivity index (χ4v) is 2.98. The number of nitrogens with one attached hydrogen (secondary N) is 2. The van der Waals surface area contributed by atoms with Crippen LogP contribution < -0.4 is 10.0 Å². The van der Waals surface area contributed by atoms with Gasteiger partial charge in [-0.15, -0.1) is 0 Å². The molecule has 1 unspecified atom stereocenters. The third kappa shape index (κ3) is 6.83. The molecule has 1 aromatic rings. The number of hydrogen-bond acceptors (Lipinski definition) is 5. The van der Waals surface area contributed by atoms with Gasteiger partial charge in [0.05, 0.1) is 4.90 Å². The van der Waals surface area contributed by atoms with Gasteiger partial charge in [0, 0.05) is 6.04 Å². The number of rotatable bonds is 8. The van der Waals surface area contributed by atoms with E-state index < -0.39 is 34.5 Å². The van der Waals surface area contributed by atoms with Crippen molar-refractivity contribution < 1.29 is 22.7 Å². The van der Waals surface area contributed by atoms with E-state index in [9.17, 15) is 18.0 Å². The van der Waals surface area contributed by atoms with Crippen LogP contribution in [-0.2, 0) is 24.3 Å². The number of esters is 1. The smallest absolute Gasteiger partial charge is 0.324 e. The number of ether oxygens (including phenoxy) is 1. The standard InChI is InChI=1S/C17H26N2O5S/c1-11(2)13(4)18-16(20)10-24-17(21)14(5)19-25(22,23)15-8-6-12(3)7-9-15/h6-9,11,13-14,19H,10H2,1-5H3,(H,18,20)/t13?,14-/m0/s1. The fourth-order valence-electron chi connectivity index (χ4n) is 1.79. The maximum absolute atomic E-state index is 12.2. The van der Waals surface area contributed by atoms with Crippen molar-refractivity contribution >= 4 is 21.9 Å². The van der Waals surface area contributed by atoms with E-state index in [4.69, 9.17) is 4.74 Å². The molecule has 0 aliphatic heterocycles. The van der Waals surface area contributed by atoms with Crippen LogP contribution in [0.2, 0.25) is 0 Å². The van der Waals surface area contributed by atoms with Gasteiger partial charge in [0.2, 0.25) is 10.0 Å². The summed E-state index contributed by atoms with van der Waals surface area (Å²) < 4.78 is 31.5. The van der Waals surface area contributed by atoms with Gasteiger partial charge in [-0.25, -0.2) is 8.42 Å². The first-order valence-corrected chi connectivity index (χ1v) is 9.56. The number of amides is 1. The van der Waals surface area contributed by atoms with Crippen molar-refractivity contribution in [1.29, 1.82) is 0 Å². The minimum atomic E-state index is -3.84. The molecule has 0 fully saturated rings. The summed E-state index contributed by atoms with van der Waals surface area (Å²) in [5, 5.41) is 2.70. The topological polar surface area (TPSA) is 102 Å². The summed E-state index contributed by atoms with van der Waals surface area (Å²) in [5.74, 6) is -0.994. The van der Waals surface area contributed by atoms with Crippen molar-refractivity contribution in [2.45, 2.75) is 51.6 Å². The molecular formula is C17H26N2O5S. The molecule has 0 spiro atoms. The lowest BCUT2D eigenvalue weighted by atomic mass is 10.1. The molecule has 2 atom stereocenters. The SMILES string of the molecule is Cc1ccc(S(=O)(=O)N[C@@H](C)C(=O)OCC(=O)NC(C)C(C)C)cc1. The van der Waals surface area contributed by atoms with Gasteiger partial charge in [0.25, 0.3) is 5.91 Å². The highest BCUT2D eigenvalue weighted by molar-refractivity contribution is 7.89. The number of benzene rings is 1. The normalized spacial score (nSPS) is 14.0. The second-order valence-corrected chi connectivity index (χ2v) is 8.08. The number of carbonyl (C=O) groups excluding carboxylic acids is 2. The van der Waals surface area contributed by atoms with Crippen LogP contribution in [0.15, 0.2) is 29.2 Å². The quantitative estimate of drug-likeness (QED) is 0.673. The van der Waals surface area contributed by atoms with E-state index in [1.165, 1.54) is 19.1 Å². The monoisotopic (exact) mass is 370 g/mol. The fraction of sp³-hybridized carbons (Fsp3) is 0.529. The average Bonchev–Trinajstić information content (AvgIpc) is 2.52. The minimum Gasteiger partial charge on any atom is -0.454 e. The molecule has 0 saturated carbocycles. The van der Waals surface area contributed by atoms with E-state index in [1.807, 2.05) is 27.7 Å². The van der Waals surface area contributed by atoms with Crippen LogP contribution >= 0.6 is 0 Å². The molecule has 2 N–H and O–H groups in total. The Kier molecular flexibility index (Phi) is 7.57. The van der Waals surface area contributed by atoms with E-state index in [1.54, 1.807) is 12.1 Å². The summed E-state index contributed by atoms with van der Waals surface area (Å²) in [6.07, 6.45) is 0. The van der Waals surface area contributed by atoms with Gasteiger partial charge >= 0.3 is 5.97 Å². The Morgan fingerprint density at radius 1 is 1.08 bits per heavy atom. The zero-order valence-corrected chi connectivity index (χ0v) is 16.0. The van der Waals surface area contributed by atoms with Crippen LogP contribution in [-0.4, -0.2) is 39.0 Å². The molecule has 0 aromatic heterocycles. The van der Waals surface area contributed by atoms with Crippen LogP contribution in [0.25, 0.3) is 0 Å². The highest BCUT2D eigenvalue weighted by atomic mass is 32.2. The Morgan fingerprint density at radius 2 is 1.64 bits per heavy atom. The zero-order chi connectivity index (χ0) is 19.2. The number of sulfonamides is 1. The Morgan fingerprint density at radius 3 is 2.16 bits per heavy atom. The first-order valence-electron chi connectivity index (χ1n) is 8.08. The molecule has 0 aliphatic carbocycles. The van der Waals surface area contributed by atoms with E-state index >= 15 is 0 Å². The molecule has 1 amide bonds. The first-order chi connectivity index (χ1) is 11.5. The molecule has 25 heavy (non-hydrogen) atoms. The summed E-state index contributed by atoms with van der Waals surface area (Å²) in [4.78, 5) is 23.7. The Bertz CT molecular complexity index is 698. The Labute approximate surface area is 149 Å².